The predicted molar refractivity (Wildman–Crippen MR) is 48.7 cm³/mol. The molecular formula is C8H20AlO+. The van der Waals surface area contributed by atoms with Crippen molar-refractivity contribution in [1.29, 1.82) is 0 Å². The normalized spacial score (nSPS) is 9.40. The van der Waals surface area contributed by atoms with Gasteiger partial charge in [-0.25, -0.2) is 0 Å². The third-order valence-electron chi connectivity index (χ3n) is 1.28. The number of rotatable bonds is 4. The Morgan fingerprint density at radius 1 is 0.900 bits per heavy atom. The van der Waals surface area contributed by atoms with Crippen LogP contribution in [-0.2, 0) is 0 Å². The van der Waals surface area contributed by atoms with E-state index in [1.54, 1.807) is 0 Å². The molecule has 0 aliphatic carbocycles. The summed E-state index contributed by atoms with van der Waals surface area (Å²) >= 11 is 0.755. The Labute approximate surface area is 71.2 Å². The van der Waals surface area contributed by atoms with Gasteiger partial charge in [0.25, 0.3) is 0 Å². The van der Waals surface area contributed by atoms with Crippen LogP contribution in [0.5, 0.6) is 0 Å². The SMILES string of the molecule is CC(C)[CH2][Al+][CH2]C(C)C.O. The van der Waals surface area contributed by atoms with Gasteiger partial charge in [-0.15, -0.1) is 0 Å². The fourth-order valence-electron chi connectivity index (χ4n) is 0.763. The molecule has 1 nitrogen and oxygen atoms in total. The van der Waals surface area contributed by atoms with Crippen molar-refractivity contribution in [3.05, 3.63) is 0 Å². The van der Waals surface area contributed by atoms with Crippen molar-refractivity contribution in [3.63, 3.8) is 0 Å². The molecule has 60 valence electrons. The second-order valence-corrected chi connectivity index (χ2v) is 5.07. The summed E-state index contributed by atoms with van der Waals surface area (Å²) in [6, 6.07) is 0. The van der Waals surface area contributed by atoms with Crippen molar-refractivity contribution < 1.29 is 5.48 Å². The van der Waals surface area contributed by atoms with Crippen molar-refractivity contribution in [2.75, 3.05) is 0 Å². The number of hydrogen-bond donors (Lipinski definition) is 0. The van der Waals surface area contributed by atoms with E-state index in [1.165, 1.54) is 10.6 Å². The zero-order valence-corrected chi connectivity index (χ0v) is 8.80. The van der Waals surface area contributed by atoms with Crippen LogP contribution in [0.25, 0.3) is 0 Å². The van der Waals surface area contributed by atoms with Crippen LogP contribution in [0.3, 0.4) is 0 Å². The van der Waals surface area contributed by atoms with E-state index in [9.17, 15) is 0 Å². The summed E-state index contributed by atoms with van der Waals surface area (Å²) in [5.74, 6) is 1.86. The van der Waals surface area contributed by atoms with Gasteiger partial charge in [0.2, 0.25) is 0 Å². The Morgan fingerprint density at radius 3 is 1.40 bits per heavy atom. The first-order chi connectivity index (χ1) is 4.13. The van der Waals surface area contributed by atoms with Gasteiger partial charge in [-0.1, -0.05) is 0 Å². The molecule has 0 aromatic heterocycles. The average Bonchev–Trinajstić information content (AvgIpc) is 1.63. The minimum atomic E-state index is 0. The van der Waals surface area contributed by atoms with E-state index in [0.717, 1.165) is 27.1 Å². The summed E-state index contributed by atoms with van der Waals surface area (Å²) in [6.45, 7) is 9.25. The molecule has 0 aliphatic heterocycles. The van der Waals surface area contributed by atoms with Gasteiger partial charge in [-0.2, -0.15) is 0 Å². The van der Waals surface area contributed by atoms with E-state index in [2.05, 4.69) is 27.7 Å². The van der Waals surface area contributed by atoms with Crippen molar-refractivity contribution in [2.45, 2.75) is 38.3 Å². The quantitative estimate of drug-likeness (QED) is 0.562. The summed E-state index contributed by atoms with van der Waals surface area (Å²) in [4.78, 5) is 0. The first-order valence-corrected chi connectivity index (χ1v) is 5.58. The minimum absolute atomic E-state index is 0. The predicted octanol–water partition coefficient (Wildman–Crippen LogP) is 2.01. The van der Waals surface area contributed by atoms with Crippen LogP contribution < -0.4 is 0 Å². The molecule has 0 aromatic rings. The largest absolute Gasteiger partial charge is 0.412 e. The molecular weight excluding hydrogens is 139 g/mol. The maximum absolute atomic E-state index is 2.31. The molecule has 2 heteroatoms. The molecule has 10 heavy (non-hydrogen) atoms. The molecule has 0 heterocycles. The molecule has 0 atom stereocenters. The Morgan fingerprint density at radius 2 is 1.20 bits per heavy atom. The van der Waals surface area contributed by atoms with Crippen LogP contribution in [0.15, 0.2) is 0 Å². The van der Waals surface area contributed by atoms with Crippen LogP contribution >= 0.6 is 0 Å². The second kappa shape index (κ2) is 7.60. The minimum Gasteiger partial charge on any atom is -0.412 e. The van der Waals surface area contributed by atoms with Gasteiger partial charge in [0.15, 0.2) is 0 Å². The van der Waals surface area contributed by atoms with E-state index < -0.39 is 0 Å². The zero-order chi connectivity index (χ0) is 7.28. The molecule has 0 saturated carbocycles. The van der Waals surface area contributed by atoms with Gasteiger partial charge >= 0.3 is 65.3 Å². The van der Waals surface area contributed by atoms with Gasteiger partial charge in [-0.3, -0.25) is 0 Å². The van der Waals surface area contributed by atoms with Crippen LogP contribution in [0.4, 0.5) is 0 Å². The first kappa shape index (κ1) is 13.1. The van der Waals surface area contributed by atoms with Crippen LogP contribution in [-0.4, -0.2) is 20.7 Å². The summed E-state index contributed by atoms with van der Waals surface area (Å²) < 4.78 is 0. The second-order valence-electron chi connectivity index (χ2n) is 3.55. The van der Waals surface area contributed by atoms with Crippen LogP contribution in [0.2, 0.25) is 10.6 Å². The van der Waals surface area contributed by atoms with Gasteiger partial charge < -0.3 is 5.48 Å². The monoisotopic (exact) mass is 159 g/mol. The van der Waals surface area contributed by atoms with E-state index in [0.29, 0.717) is 0 Å². The average molecular weight is 159 g/mol. The Kier molecular flexibility index (Phi) is 9.96. The standard InChI is InChI=1S/2C4H9.Al.H2O/c2*1-4(2)3;;/h2*4H,1H2,2-3H3;;1H2/q;;+1;. The fourth-order valence-corrected chi connectivity index (χ4v) is 2.29. The van der Waals surface area contributed by atoms with Crippen molar-refractivity contribution in [3.8, 4) is 0 Å². The van der Waals surface area contributed by atoms with Crippen LogP contribution in [0.1, 0.15) is 27.7 Å². The van der Waals surface area contributed by atoms with Gasteiger partial charge in [0.05, 0.1) is 0 Å². The summed E-state index contributed by atoms with van der Waals surface area (Å²) in [7, 11) is 0. The van der Waals surface area contributed by atoms with Crippen molar-refractivity contribution >= 4 is 15.2 Å². The smallest absolute Gasteiger partial charge is 0.412 e. The summed E-state index contributed by atoms with van der Waals surface area (Å²) in [5, 5.41) is 2.97. The third kappa shape index (κ3) is 11.3. The van der Waals surface area contributed by atoms with Gasteiger partial charge in [0, 0.05) is 0 Å². The summed E-state index contributed by atoms with van der Waals surface area (Å²) in [5.41, 5.74) is 0. The molecule has 0 amide bonds. The maximum atomic E-state index is 2.31. The molecule has 0 radical (unpaired) electrons. The molecule has 0 aromatic carbocycles. The van der Waals surface area contributed by atoms with Crippen molar-refractivity contribution in [2.24, 2.45) is 11.8 Å². The molecule has 0 saturated heterocycles. The maximum Gasteiger partial charge on any atom is -0.412 e. The van der Waals surface area contributed by atoms with E-state index in [4.69, 9.17) is 0 Å². The fraction of sp³-hybridized carbons (Fsp3) is 1.00. The molecule has 0 rings (SSSR count). The Hall–Kier alpha value is 0.492. The van der Waals surface area contributed by atoms with Crippen molar-refractivity contribution in [1.82, 2.24) is 0 Å². The van der Waals surface area contributed by atoms with E-state index in [1.807, 2.05) is 0 Å². The molecule has 2 N–H and O–H groups in total. The van der Waals surface area contributed by atoms with Gasteiger partial charge in [-0.05, 0) is 0 Å². The Balaban J connectivity index is 0. The van der Waals surface area contributed by atoms with E-state index in [-0.39, 0.29) is 5.48 Å². The van der Waals surface area contributed by atoms with Gasteiger partial charge in [0.1, 0.15) is 0 Å². The number of hydrogen-bond acceptors (Lipinski definition) is 0. The topological polar surface area (TPSA) is 31.5 Å². The van der Waals surface area contributed by atoms with E-state index >= 15 is 0 Å². The first-order valence-electron chi connectivity index (χ1n) is 3.94. The molecule has 0 aliphatic rings. The molecule has 0 fully saturated rings. The third-order valence-corrected chi connectivity index (χ3v) is 3.83. The molecule has 0 spiro atoms. The summed E-state index contributed by atoms with van der Waals surface area (Å²) in [6.07, 6.45) is 0. The van der Waals surface area contributed by atoms with Crippen LogP contribution in [0, 0.1) is 11.8 Å². The Bertz CT molecular complexity index is 54.3. The molecule has 0 bridgehead atoms. The molecule has 0 unspecified atom stereocenters. The zero-order valence-electron chi connectivity index (χ0n) is 7.65.